The topological polar surface area (TPSA) is 49.4 Å². The molecule has 1 rings (SSSR count). The summed E-state index contributed by atoms with van der Waals surface area (Å²) in [6.07, 6.45) is 5.91. The van der Waals surface area contributed by atoms with E-state index in [1.165, 1.54) is 0 Å². The van der Waals surface area contributed by atoms with Gasteiger partial charge in [0.05, 0.1) is 5.75 Å². The first-order valence-corrected chi connectivity index (χ1v) is 9.78. The molecular weight excluding hydrogens is 272 g/mol. The summed E-state index contributed by atoms with van der Waals surface area (Å²) < 4.78 is 26.6. The van der Waals surface area contributed by atoms with E-state index in [9.17, 15) is 8.42 Å². The molecule has 0 amide bonds. The van der Waals surface area contributed by atoms with Gasteiger partial charge in [-0.25, -0.2) is 8.42 Å². The summed E-state index contributed by atoms with van der Waals surface area (Å²) in [4.78, 5) is 0. The Hall–Kier alpha value is -0.130. The maximum Gasteiger partial charge on any atom is 0.214 e. The van der Waals surface area contributed by atoms with Crippen LogP contribution in [0.1, 0.15) is 59.3 Å². The zero-order valence-electron chi connectivity index (χ0n) is 13.4. The molecule has 0 atom stereocenters. The van der Waals surface area contributed by atoms with E-state index in [1.54, 1.807) is 4.31 Å². The first kappa shape index (κ1) is 17.9. The number of hydrogen-bond acceptors (Lipinski definition) is 3. The van der Waals surface area contributed by atoms with Gasteiger partial charge in [-0.1, -0.05) is 20.8 Å². The second-order valence-corrected chi connectivity index (χ2v) is 8.34. The van der Waals surface area contributed by atoms with Crippen molar-refractivity contribution in [2.24, 2.45) is 5.92 Å². The van der Waals surface area contributed by atoms with Gasteiger partial charge in [-0.05, 0) is 57.5 Å². The molecule has 1 fully saturated rings. The van der Waals surface area contributed by atoms with Crippen LogP contribution in [0.3, 0.4) is 0 Å². The van der Waals surface area contributed by atoms with E-state index in [0.29, 0.717) is 24.3 Å². The highest BCUT2D eigenvalue weighted by molar-refractivity contribution is 7.89. The quantitative estimate of drug-likeness (QED) is 0.564. The van der Waals surface area contributed by atoms with Gasteiger partial charge in [0.1, 0.15) is 0 Å². The van der Waals surface area contributed by atoms with Crippen molar-refractivity contribution < 1.29 is 8.42 Å². The van der Waals surface area contributed by atoms with Gasteiger partial charge in [0, 0.05) is 12.6 Å². The summed E-state index contributed by atoms with van der Waals surface area (Å²) >= 11 is 0. The first-order chi connectivity index (χ1) is 9.47. The minimum Gasteiger partial charge on any atom is -0.317 e. The molecule has 1 saturated carbocycles. The van der Waals surface area contributed by atoms with Gasteiger partial charge < -0.3 is 5.32 Å². The van der Waals surface area contributed by atoms with Crippen LogP contribution in [-0.4, -0.2) is 44.2 Å². The molecule has 0 aromatic rings. The van der Waals surface area contributed by atoms with E-state index < -0.39 is 10.0 Å². The number of nitrogens with zero attached hydrogens (tertiary/aromatic N) is 1. The van der Waals surface area contributed by atoms with Crippen LogP contribution in [0.2, 0.25) is 0 Å². The smallest absolute Gasteiger partial charge is 0.214 e. The Kier molecular flexibility index (Phi) is 8.07. The molecular formula is C15H32N2O2S. The Morgan fingerprint density at radius 2 is 1.90 bits per heavy atom. The van der Waals surface area contributed by atoms with E-state index in [2.05, 4.69) is 26.1 Å². The molecule has 0 saturated heterocycles. The van der Waals surface area contributed by atoms with E-state index >= 15 is 0 Å². The van der Waals surface area contributed by atoms with Crippen LogP contribution in [0.4, 0.5) is 0 Å². The zero-order chi connectivity index (χ0) is 15.0. The molecule has 0 aliphatic heterocycles. The third-order valence-electron chi connectivity index (χ3n) is 3.67. The molecule has 1 N–H and O–H groups in total. The molecule has 120 valence electrons. The molecule has 0 heterocycles. The molecule has 0 aromatic carbocycles. The van der Waals surface area contributed by atoms with E-state index in [4.69, 9.17) is 0 Å². The highest BCUT2D eigenvalue weighted by atomic mass is 32.2. The maximum absolute atomic E-state index is 12.4. The zero-order valence-corrected chi connectivity index (χ0v) is 14.2. The minimum atomic E-state index is -3.04. The first-order valence-electron chi connectivity index (χ1n) is 8.17. The summed E-state index contributed by atoms with van der Waals surface area (Å²) in [7, 11) is -3.04. The van der Waals surface area contributed by atoms with Crippen molar-refractivity contribution in [1.29, 1.82) is 0 Å². The lowest BCUT2D eigenvalue weighted by molar-refractivity contribution is 0.372. The van der Waals surface area contributed by atoms with Crippen LogP contribution < -0.4 is 5.32 Å². The summed E-state index contributed by atoms with van der Waals surface area (Å²) in [5.74, 6) is 0.875. The highest BCUT2D eigenvalue weighted by Crippen LogP contribution is 2.30. The van der Waals surface area contributed by atoms with Crippen molar-refractivity contribution in [3.8, 4) is 0 Å². The van der Waals surface area contributed by atoms with Crippen molar-refractivity contribution >= 4 is 10.0 Å². The lowest BCUT2D eigenvalue weighted by Gasteiger charge is -2.22. The van der Waals surface area contributed by atoms with Gasteiger partial charge in [-0.2, -0.15) is 4.31 Å². The Morgan fingerprint density at radius 3 is 2.45 bits per heavy atom. The Bertz CT molecular complexity index is 351. The van der Waals surface area contributed by atoms with Crippen LogP contribution in [0, 0.1) is 5.92 Å². The summed E-state index contributed by atoms with van der Waals surface area (Å²) in [6, 6.07) is 0.303. The Labute approximate surface area is 125 Å². The summed E-state index contributed by atoms with van der Waals surface area (Å²) in [5, 5.41) is 3.32. The standard InChI is InChI=1S/C15H32N2O2S/c1-4-10-16-11-5-6-13-20(18,19)17(15-7-8-15)12-9-14(2)3/h14-16H,4-13H2,1-3H3. The third kappa shape index (κ3) is 7.04. The Balaban J connectivity index is 2.31. The number of rotatable bonds is 12. The molecule has 4 nitrogen and oxygen atoms in total. The second-order valence-electron chi connectivity index (χ2n) is 6.30. The van der Waals surface area contributed by atoms with Crippen LogP contribution >= 0.6 is 0 Å². The van der Waals surface area contributed by atoms with Crippen LogP contribution in [0.5, 0.6) is 0 Å². The third-order valence-corrected chi connectivity index (χ3v) is 5.67. The predicted octanol–water partition coefficient (Wildman–Crippen LogP) is 2.61. The highest BCUT2D eigenvalue weighted by Gasteiger charge is 2.36. The fourth-order valence-electron chi connectivity index (χ4n) is 2.25. The van der Waals surface area contributed by atoms with Crippen LogP contribution in [0.15, 0.2) is 0 Å². The molecule has 5 heteroatoms. The SMILES string of the molecule is CCCNCCCCS(=O)(=O)N(CCC(C)C)C1CC1. The molecule has 20 heavy (non-hydrogen) atoms. The molecule has 0 spiro atoms. The number of unbranched alkanes of at least 4 members (excludes halogenated alkanes) is 1. The molecule has 0 aromatic heterocycles. The van der Waals surface area contributed by atoms with Crippen LogP contribution in [0.25, 0.3) is 0 Å². The van der Waals surface area contributed by atoms with E-state index in [-0.39, 0.29) is 0 Å². The fraction of sp³-hybridized carbons (Fsp3) is 1.00. The minimum absolute atomic E-state index is 0.303. The lowest BCUT2D eigenvalue weighted by Crippen LogP contribution is -2.36. The van der Waals surface area contributed by atoms with Gasteiger partial charge in [-0.3, -0.25) is 0 Å². The monoisotopic (exact) mass is 304 g/mol. The van der Waals surface area contributed by atoms with E-state index in [0.717, 1.165) is 51.6 Å². The van der Waals surface area contributed by atoms with Crippen molar-refractivity contribution in [3.05, 3.63) is 0 Å². The van der Waals surface area contributed by atoms with Gasteiger partial charge >= 0.3 is 0 Å². The molecule has 0 radical (unpaired) electrons. The van der Waals surface area contributed by atoms with E-state index in [1.807, 2.05) is 0 Å². The summed E-state index contributed by atoms with van der Waals surface area (Å²) in [6.45, 7) is 9.10. The maximum atomic E-state index is 12.4. The normalized spacial score (nSPS) is 16.2. The predicted molar refractivity (Wildman–Crippen MR) is 85.4 cm³/mol. The van der Waals surface area contributed by atoms with Crippen molar-refractivity contribution in [2.75, 3.05) is 25.4 Å². The number of nitrogens with one attached hydrogen (secondary N) is 1. The van der Waals surface area contributed by atoms with Crippen LogP contribution in [-0.2, 0) is 10.0 Å². The largest absolute Gasteiger partial charge is 0.317 e. The average molecular weight is 305 g/mol. The average Bonchev–Trinajstić information content (AvgIpc) is 3.17. The molecule has 1 aliphatic rings. The van der Waals surface area contributed by atoms with Gasteiger partial charge in [0.2, 0.25) is 10.0 Å². The van der Waals surface area contributed by atoms with Crippen molar-refractivity contribution in [2.45, 2.75) is 65.3 Å². The summed E-state index contributed by atoms with van der Waals surface area (Å²) in [5.41, 5.74) is 0. The van der Waals surface area contributed by atoms with Crippen molar-refractivity contribution in [3.63, 3.8) is 0 Å². The van der Waals surface area contributed by atoms with Gasteiger partial charge in [0.15, 0.2) is 0 Å². The Morgan fingerprint density at radius 1 is 1.20 bits per heavy atom. The van der Waals surface area contributed by atoms with Crippen molar-refractivity contribution in [1.82, 2.24) is 9.62 Å². The fourth-order valence-corrected chi connectivity index (χ4v) is 4.10. The molecule has 0 unspecified atom stereocenters. The molecule has 0 bridgehead atoms. The lowest BCUT2D eigenvalue weighted by atomic mass is 10.1. The molecule has 1 aliphatic carbocycles. The number of sulfonamides is 1. The number of hydrogen-bond donors (Lipinski definition) is 1. The van der Waals surface area contributed by atoms with Gasteiger partial charge in [0.25, 0.3) is 0 Å². The second kappa shape index (κ2) is 9.00. The van der Waals surface area contributed by atoms with Gasteiger partial charge in [-0.15, -0.1) is 0 Å².